The zero-order valence-corrected chi connectivity index (χ0v) is 20.1. The van der Waals surface area contributed by atoms with Crippen molar-refractivity contribution in [2.24, 2.45) is 11.7 Å². The van der Waals surface area contributed by atoms with Crippen LogP contribution in [-0.4, -0.2) is 9.55 Å². The van der Waals surface area contributed by atoms with Crippen molar-refractivity contribution in [2.75, 3.05) is 0 Å². The summed E-state index contributed by atoms with van der Waals surface area (Å²) in [5.41, 5.74) is 12.5. The van der Waals surface area contributed by atoms with Gasteiger partial charge in [0.2, 0.25) is 0 Å². The normalized spacial score (nSPS) is 15.3. The Morgan fingerprint density at radius 2 is 2.06 bits per heavy atom. The number of hydrogen-bond donors (Lipinski definition) is 1. The second kappa shape index (κ2) is 10.4. The van der Waals surface area contributed by atoms with Crippen LogP contribution in [0.2, 0.25) is 10.0 Å². The summed E-state index contributed by atoms with van der Waals surface area (Å²) in [5.74, 6) is 1.35. The van der Waals surface area contributed by atoms with E-state index < -0.39 is 0 Å². The lowest BCUT2D eigenvalue weighted by Crippen LogP contribution is -2.15. The molecule has 1 aliphatic carbocycles. The lowest BCUT2D eigenvalue weighted by Gasteiger charge is -2.22. The molecule has 0 spiro atoms. The first-order valence-corrected chi connectivity index (χ1v) is 11.6. The molecule has 0 amide bonds. The summed E-state index contributed by atoms with van der Waals surface area (Å²) >= 11 is 12.8. The Hall–Kier alpha value is -2.23. The second-order valence-electron chi connectivity index (χ2n) is 8.16. The summed E-state index contributed by atoms with van der Waals surface area (Å²) in [6, 6.07) is 5.53. The van der Waals surface area contributed by atoms with E-state index in [1.807, 2.05) is 25.1 Å². The summed E-state index contributed by atoms with van der Waals surface area (Å²) in [6.07, 6.45) is 12.6. The second-order valence-corrected chi connectivity index (χ2v) is 9.00. The molecule has 1 heterocycles. The molecule has 0 radical (unpaired) electrons. The SMILES string of the molecule is C=C/C(=C\C=C/C(C)CC)c1nc(C)c(C(N)=C2CCC2)n1Cc1cc(Cl)ccc1Cl. The van der Waals surface area contributed by atoms with Gasteiger partial charge in [-0.3, -0.25) is 0 Å². The molecule has 2 N–H and O–H groups in total. The van der Waals surface area contributed by atoms with Crippen molar-refractivity contribution in [3.63, 3.8) is 0 Å². The first-order valence-electron chi connectivity index (χ1n) is 10.9. The van der Waals surface area contributed by atoms with Gasteiger partial charge in [-0.05, 0) is 61.4 Å². The van der Waals surface area contributed by atoms with Gasteiger partial charge in [0.25, 0.3) is 0 Å². The fraction of sp³-hybridized carbons (Fsp3) is 0.346. The molecule has 5 heteroatoms. The van der Waals surface area contributed by atoms with Crippen LogP contribution >= 0.6 is 23.2 Å². The zero-order chi connectivity index (χ0) is 22.5. The van der Waals surface area contributed by atoms with Gasteiger partial charge < -0.3 is 10.3 Å². The molecule has 1 atom stereocenters. The molecule has 1 aliphatic rings. The molecule has 31 heavy (non-hydrogen) atoms. The van der Waals surface area contributed by atoms with Gasteiger partial charge in [0.05, 0.1) is 23.6 Å². The van der Waals surface area contributed by atoms with E-state index in [9.17, 15) is 0 Å². The third-order valence-corrected chi connectivity index (χ3v) is 6.51. The fourth-order valence-electron chi connectivity index (χ4n) is 3.63. The topological polar surface area (TPSA) is 43.8 Å². The van der Waals surface area contributed by atoms with Crippen LogP contribution < -0.4 is 5.73 Å². The van der Waals surface area contributed by atoms with Crippen LogP contribution in [0.5, 0.6) is 0 Å². The first-order chi connectivity index (χ1) is 14.8. The van der Waals surface area contributed by atoms with E-state index in [1.54, 1.807) is 6.07 Å². The Kier molecular flexibility index (Phi) is 7.85. The number of benzene rings is 1. The predicted octanol–water partition coefficient (Wildman–Crippen LogP) is 7.57. The third kappa shape index (κ3) is 5.34. The van der Waals surface area contributed by atoms with Crippen molar-refractivity contribution in [2.45, 2.75) is 53.0 Å². The maximum atomic E-state index is 6.64. The lowest BCUT2D eigenvalue weighted by atomic mass is 9.89. The Balaban J connectivity index is 2.14. The first kappa shape index (κ1) is 23.4. The summed E-state index contributed by atoms with van der Waals surface area (Å²) in [7, 11) is 0. The van der Waals surface area contributed by atoms with Gasteiger partial charge in [-0.15, -0.1) is 0 Å². The molecular weight excluding hydrogens is 425 g/mol. The fourth-order valence-corrected chi connectivity index (χ4v) is 4.00. The molecule has 0 aliphatic heterocycles. The van der Waals surface area contributed by atoms with Crippen LogP contribution in [0.3, 0.4) is 0 Å². The number of nitrogens with zero attached hydrogens (tertiary/aromatic N) is 2. The van der Waals surface area contributed by atoms with Crippen LogP contribution in [0.1, 0.15) is 62.3 Å². The number of imidazole rings is 1. The average molecular weight is 456 g/mol. The van der Waals surface area contributed by atoms with E-state index in [-0.39, 0.29) is 0 Å². The summed E-state index contributed by atoms with van der Waals surface area (Å²) in [6.45, 7) is 11.0. The van der Waals surface area contributed by atoms with Crippen molar-refractivity contribution in [1.82, 2.24) is 9.55 Å². The van der Waals surface area contributed by atoms with Gasteiger partial charge in [0.1, 0.15) is 5.82 Å². The van der Waals surface area contributed by atoms with Crippen LogP contribution in [0.25, 0.3) is 11.3 Å². The van der Waals surface area contributed by atoms with Crippen molar-refractivity contribution >= 4 is 34.5 Å². The van der Waals surface area contributed by atoms with E-state index in [4.69, 9.17) is 33.9 Å². The van der Waals surface area contributed by atoms with Crippen molar-refractivity contribution in [1.29, 1.82) is 0 Å². The molecule has 1 unspecified atom stereocenters. The van der Waals surface area contributed by atoms with E-state index in [1.165, 1.54) is 12.0 Å². The maximum Gasteiger partial charge on any atom is 0.141 e. The molecule has 3 rings (SSSR count). The van der Waals surface area contributed by atoms with Gasteiger partial charge in [-0.2, -0.15) is 0 Å². The lowest BCUT2D eigenvalue weighted by molar-refractivity contribution is 0.660. The van der Waals surface area contributed by atoms with Gasteiger partial charge in [-0.1, -0.05) is 74.4 Å². The number of allylic oxidation sites excluding steroid dienone is 6. The molecule has 3 nitrogen and oxygen atoms in total. The molecule has 1 fully saturated rings. The van der Waals surface area contributed by atoms with Crippen LogP contribution in [0.15, 0.2) is 54.7 Å². The number of aromatic nitrogens is 2. The predicted molar refractivity (Wildman–Crippen MR) is 134 cm³/mol. The highest BCUT2D eigenvalue weighted by Gasteiger charge is 2.23. The molecule has 1 aromatic carbocycles. The largest absolute Gasteiger partial charge is 0.397 e. The Bertz CT molecular complexity index is 1050. The van der Waals surface area contributed by atoms with Gasteiger partial charge in [0.15, 0.2) is 0 Å². The van der Waals surface area contributed by atoms with Gasteiger partial charge in [0, 0.05) is 15.6 Å². The number of halogens is 2. The molecule has 0 bridgehead atoms. The van der Waals surface area contributed by atoms with Crippen LogP contribution in [0, 0.1) is 12.8 Å². The van der Waals surface area contributed by atoms with Gasteiger partial charge in [-0.25, -0.2) is 4.98 Å². The number of hydrogen-bond acceptors (Lipinski definition) is 2. The Morgan fingerprint density at radius 1 is 1.32 bits per heavy atom. The number of rotatable bonds is 8. The highest BCUT2D eigenvalue weighted by atomic mass is 35.5. The Labute approximate surface area is 196 Å². The minimum atomic E-state index is 0.517. The molecule has 1 aromatic heterocycles. The van der Waals surface area contributed by atoms with Crippen molar-refractivity contribution in [3.8, 4) is 0 Å². The third-order valence-electron chi connectivity index (χ3n) is 5.91. The quantitative estimate of drug-likeness (QED) is 0.416. The van der Waals surface area contributed by atoms with E-state index in [0.717, 1.165) is 53.3 Å². The van der Waals surface area contributed by atoms with Crippen molar-refractivity contribution < 1.29 is 0 Å². The molecule has 164 valence electrons. The highest BCUT2D eigenvalue weighted by molar-refractivity contribution is 6.33. The summed E-state index contributed by atoms with van der Waals surface area (Å²) in [5, 5.41) is 1.32. The number of aryl methyl sites for hydroxylation is 1. The monoisotopic (exact) mass is 455 g/mol. The minimum absolute atomic E-state index is 0.517. The smallest absolute Gasteiger partial charge is 0.141 e. The molecule has 2 aromatic rings. The van der Waals surface area contributed by atoms with Crippen molar-refractivity contribution in [3.05, 3.63) is 87.5 Å². The molecule has 0 saturated heterocycles. The standard InChI is InChI=1S/C26H31Cl2N3/c1-5-17(3)9-7-10-19(6-2)26-30-18(4)25(24(29)20-11-8-12-20)31(26)16-21-15-22(27)13-14-23(21)28/h6-7,9-10,13-15,17H,2,5,8,11-12,16,29H2,1,3-4H3/b9-7-,19-10+. The molecular formula is C26H31Cl2N3. The van der Waals surface area contributed by atoms with E-state index >= 15 is 0 Å². The van der Waals surface area contributed by atoms with Crippen LogP contribution in [-0.2, 0) is 6.54 Å². The maximum absolute atomic E-state index is 6.64. The van der Waals surface area contributed by atoms with Gasteiger partial charge >= 0.3 is 0 Å². The zero-order valence-electron chi connectivity index (χ0n) is 18.6. The average Bonchev–Trinajstić information content (AvgIpc) is 3.02. The van der Waals surface area contributed by atoms with E-state index in [2.05, 4.69) is 43.2 Å². The number of nitrogens with two attached hydrogens (primary N) is 1. The summed E-state index contributed by atoms with van der Waals surface area (Å²) in [4.78, 5) is 4.91. The molecule has 1 saturated carbocycles. The minimum Gasteiger partial charge on any atom is -0.397 e. The van der Waals surface area contributed by atoms with E-state index in [0.29, 0.717) is 22.5 Å². The van der Waals surface area contributed by atoms with Crippen LogP contribution in [0.4, 0.5) is 0 Å². The highest BCUT2D eigenvalue weighted by Crippen LogP contribution is 2.34. The summed E-state index contributed by atoms with van der Waals surface area (Å²) < 4.78 is 2.15. The Morgan fingerprint density at radius 3 is 2.68 bits per heavy atom.